The molecule has 0 saturated carbocycles. The van der Waals surface area contributed by atoms with Crippen molar-refractivity contribution in [1.82, 2.24) is 0 Å². The van der Waals surface area contributed by atoms with Gasteiger partial charge in [0.15, 0.2) is 5.78 Å². The number of aryl methyl sites for hydroxylation is 1. The highest BCUT2D eigenvalue weighted by atomic mass is 16.5. The van der Waals surface area contributed by atoms with Gasteiger partial charge in [-0.3, -0.25) is 4.79 Å². The summed E-state index contributed by atoms with van der Waals surface area (Å²) in [5.74, 6) is -0.420. The zero-order valence-electron chi connectivity index (χ0n) is 11.4. The molecule has 3 rings (SSSR count). The Morgan fingerprint density at radius 3 is 2.50 bits per heavy atom. The van der Waals surface area contributed by atoms with Gasteiger partial charge in [0, 0.05) is 11.1 Å². The minimum Gasteiger partial charge on any atom is -0.462 e. The fourth-order valence-electron chi connectivity index (χ4n) is 2.53. The maximum atomic E-state index is 12.4. The Balaban J connectivity index is 2.11. The van der Waals surface area contributed by atoms with Crippen molar-refractivity contribution in [3.63, 3.8) is 0 Å². The number of hydrogen-bond acceptors (Lipinski definition) is 3. The van der Waals surface area contributed by atoms with E-state index in [2.05, 4.69) is 0 Å². The maximum Gasteiger partial charge on any atom is 0.338 e. The molecule has 3 heteroatoms. The van der Waals surface area contributed by atoms with Crippen LogP contribution in [0.3, 0.4) is 0 Å². The number of rotatable bonds is 2. The standard InChI is InChI=1S/C17H14O3/c1-3-20-17(19)11-5-7-12-14-8-10(2)4-6-13(14)16(18)15(12)9-11/h4-9H,3H2,1-2H3. The molecule has 0 amide bonds. The number of hydrogen-bond donors (Lipinski definition) is 0. The summed E-state index contributed by atoms with van der Waals surface area (Å²) < 4.78 is 4.97. The zero-order valence-corrected chi connectivity index (χ0v) is 11.4. The van der Waals surface area contributed by atoms with Gasteiger partial charge >= 0.3 is 5.97 Å². The van der Waals surface area contributed by atoms with E-state index in [1.165, 1.54) is 0 Å². The van der Waals surface area contributed by atoms with E-state index in [1.807, 2.05) is 31.2 Å². The van der Waals surface area contributed by atoms with Crippen LogP contribution >= 0.6 is 0 Å². The normalized spacial score (nSPS) is 12.0. The van der Waals surface area contributed by atoms with Crippen LogP contribution in [0.1, 0.15) is 38.8 Å². The summed E-state index contributed by atoms with van der Waals surface area (Å²) in [6.07, 6.45) is 0. The molecule has 0 heterocycles. The van der Waals surface area contributed by atoms with Gasteiger partial charge in [0.25, 0.3) is 0 Å². The van der Waals surface area contributed by atoms with Crippen LogP contribution in [0.2, 0.25) is 0 Å². The van der Waals surface area contributed by atoms with Gasteiger partial charge in [-0.25, -0.2) is 4.79 Å². The number of carbonyl (C=O) groups is 2. The second-order valence-electron chi connectivity index (χ2n) is 4.86. The lowest BCUT2D eigenvalue weighted by Crippen LogP contribution is -2.06. The van der Waals surface area contributed by atoms with E-state index >= 15 is 0 Å². The lowest BCUT2D eigenvalue weighted by molar-refractivity contribution is 0.0526. The molecule has 0 spiro atoms. The highest BCUT2D eigenvalue weighted by Crippen LogP contribution is 2.37. The molecule has 2 aromatic rings. The molecule has 0 unspecified atom stereocenters. The predicted octanol–water partition coefficient (Wildman–Crippen LogP) is 3.38. The van der Waals surface area contributed by atoms with Crippen molar-refractivity contribution in [2.45, 2.75) is 13.8 Å². The minimum absolute atomic E-state index is 0.0267. The van der Waals surface area contributed by atoms with Crippen molar-refractivity contribution in [3.8, 4) is 11.1 Å². The Hall–Kier alpha value is -2.42. The van der Waals surface area contributed by atoms with Crippen molar-refractivity contribution in [1.29, 1.82) is 0 Å². The van der Waals surface area contributed by atoms with Crippen LogP contribution in [0.25, 0.3) is 11.1 Å². The van der Waals surface area contributed by atoms with Crippen LogP contribution in [-0.2, 0) is 4.74 Å². The van der Waals surface area contributed by atoms with Gasteiger partial charge in [-0.2, -0.15) is 0 Å². The second-order valence-corrected chi connectivity index (χ2v) is 4.86. The number of ketones is 1. The summed E-state index contributed by atoms with van der Waals surface area (Å²) in [6, 6.07) is 10.9. The van der Waals surface area contributed by atoms with Gasteiger partial charge in [0.1, 0.15) is 0 Å². The van der Waals surface area contributed by atoms with Crippen molar-refractivity contribution in [2.24, 2.45) is 0 Å². The average Bonchev–Trinajstić information content (AvgIpc) is 2.72. The van der Waals surface area contributed by atoms with E-state index in [0.717, 1.165) is 16.7 Å². The quantitative estimate of drug-likeness (QED) is 0.668. The van der Waals surface area contributed by atoms with Gasteiger partial charge in [-0.15, -0.1) is 0 Å². The fraction of sp³-hybridized carbons (Fsp3) is 0.176. The molecule has 3 nitrogen and oxygen atoms in total. The highest BCUT2D eigenvalue weighted by Gasteiger charge is 2.27. The molecular formula is C17H14O3. The molecule has 0 N–H and O–H groups in total. The summed E-state index contributed by atoms with van der Waals surface area (Å²) in [7, 11) is 0. The third kappa shape index (κ3) is 1.83. The first-order valence-corrected chi connectivity index (χ1v) is 6.58. The van der Waals surface area contributed by atoms with Crippen molar-refractivity contribution >= 4 is 11.8 Å². The Morgan fingerprint density at radius 1 is 1.00 bits per heavy atom. The summed E-state index contributed by atoms with van der Waals surface area (Å²) >= 11 is 0. The van der Waals surface area contributed by atoms with Gasteiger partial charge in [-0.1, -0.05) is 29.8 Å². The molecule has 2 aromatic carbocycles. The number of benzene rings is 2. The van der Waals surface area contributed by atoms with E-state index in [4.69, 9.17) is 4.74 Å². The summed E-state index contributed by atoms with van der Waals surface area (Å²) in [4.78, 5) is 24.1. The van der Waals surface area contributed by atoms with E-state index in [9.17, 15) is 9.59 Å². The van der Waals surface area contributed by atoms with Gasteiger partial charge in [0.2, 0.25) is 0 Å². The molecule has 0 saturated heterocycles. The Morgan fingerprint density at radius 2 is 1.75 bits per heavy atom. The van der Waals surface area contributed by atoms with Crippen LogP contribution in [0.4, 0.5) is 0 Å². The van der Waals surface area contributed by atoms with Gasteiger partial charge in [-0.05, 0) is 37.1 Å². The molecular weight excluding hydrogens is 252 g/mol. The Bertz CT molecular complexity index is 729. The first kappa shape index (κ1) is 12.6. The van der Waals surface area contributed by atoms with Crippen LogP contribution < -0.4 is 0 Å². The molecule has 0 aromatic heterocycles. The van der Waals surface area contributed by atoms with E-state index < -0.39 is 5.97 Å². The third-order valence-corrected chi connectivity index (χ3v) is 3.49. The molecule has 20 heavy (non-hydrogen) atoms. The molecule has 1 aliphatic carbocycles. The highest BCUT2D eigenvalue weighted by molar-refractivity contribution is 6.22. The first-order valence-electron chi connectivity index (χ1n) is 6.58. The monoisotopic (exact) mass is 266 g/mol. The molecule has 0 atom stereocenters. The van der Waals surface area contributed by atoms with Crippen molar-refractivity contribution < 1.29 is 14.3 Å². The largest absolute Gasteiger partial charge is 0.462 e. The Labute approximate surface area is 117 Å². The molecule has 1 aliphatic rings. The van der Waals surface area contributed by atoms with Crippen LogP contribution in [0.15, 0.2) is 36.4 Å². The maximum absolute atomic E-state index is 12.4. The van der Waals surface area contributed by atoms with Crippen LogP contribution in [0.5, 0.6) is 0 Å². The van der Waals surface area contributed by atoms with Crippen molar-refractivity contribution in [2.75, 3.05) is 6.61 Å². The lowest BCUT2D eigenvalue weighted by atomic mass is 10.0. The van der Waals surface area contributed by atoms with E-state index in [0.29, 0.717) is 23.3 Å². The van der Waals surface area contributed by atoms with Gasteiger partial charge < -0.3 is 4.74 Å². The van der Waals surface area contributed by atoms with E-state index in [1.54, 1.807) is 19.1 Å². The van der Waals surface area contributed by atoms with Gasteiger partial charge in [0.05, 0.1) is 12.2 Å². The smallest absolute Gasteiger partial charge is 0.338 e. The first-order chi connectivity index (χ1) is 9.61. The fourth-order valence-corrected chi connectivity index (χ4v) is 2.53. The number of carbonyl (C=O) groups excluding carboxylic acids is 2. The third-order valence-electron chi connectivity index (χ3n) is 3.49. The van der Waals surface area contributed by atoms with E-state index in [-0.39, 0.29) is 5.78 Å². The van der Waals surface area contributed by atoms with Crippen molar-refractivity contribution in [3.05, 3.63) is 58.7 Å². The predicted molar refractivity (Wildman–Crippen MR) is 76.0 cm³/mol. The summed E-state index contributed by atoms with van der Waals surface area (Å²) in [5, 5.41) is 0. The molecule has 0 bridgehead atoms. The molecule has 0 radical (unpaired) electrons. The SMILES string of the molecule is CCOC(=O)c1ccc2c(c1)C(=O)c1ccc(C)cc1-2. The molecule has 0 fully saturated rings. The number of ether oxygens (including phenoxy) is 1. The second kappa shape index (κ2) is 4.60. The molecule has 100 valence electrons. The minimum atomic E-state index is -0.393. The zero-order chi connectivity index (χ0) is 14.3. The summed E-state index contributed by atoms with van der Waals surface area (Å²) in [5.41, 5.74) is 4.65. The number of fused-ring (bicyclic) bond motifs is 3. The summed E-state index contributed by atoms with van der Waals surface area (Å²) in [6.45, 7) is 4.08. The average molecular weight is 266 g/mol. The number of esters is 1. The van der Waals surface area contributed by atoms with Crippen LogP contribution in [0, 0.1) is 6.92 Å². The topological polar surface area (TPSA) is 43.4 Å². The van der Waals surface area contributed by atoms with Crippen LogP contribution in [-0.4, -0.2) is 18.4 Å². The lowest BCUT2D eigenvalue weighted by Gasteiger charge is -2.04. The Kier molecular flexibility index (Phi) is 2.90. The molecule has 0 aliphatic heterocycles.